The highest BCUT2D eigenvalue weighted by Crippen LogP contribution is 2.23. The number of nitrogens with one attached hydrogen (secondary N) is 1. The van der Waals surface area contributed by atoms with Gasteiger partial charge in [0, 0.05) is 6.54 Å². The molecule has 0 fully saturated rings. The fraction of sp³-hybridized carbons (Fsp3) is 0.562. The maximum Gasteiger partial charge on any atom is 0.243 e. The number of carbonyl (C=O) groups is 1. The second-order valence-corrected chi connectivity index (χ2v) is 7.29. The number of hydrogen-bond acceptors (Lipinski definition) is 4. The Kier molecular flexibility index (Phi) is 7.35. The number of methoxy groups -OCH3 is 1. The Morgan fingerprint density at radius 1 is 1.26 bits per heavy atom. The molecule has 1 atom stereocenters. The maximum absolute atomic E-state index is 12.2. The number of anilines is 1. The molecule has 0 radical (unpaired) electrons. The van der Waals surface area contributed by atoms with Crippen LogP contribution in [0.25, 0.3) is 0 Å². The van der Waals surface area contributed by atoms with Crippen molar-refractivity contribution in [3.05, 3.63) is 24.3 Å². The highest BCUT2D eigenvalue weighted by molar-refractivity contribution is 7.92. The lowest BCUT2D eigenvalue weighted by Crippen LogP contribution is -2.48. The van der Waals surface area contributed by atoms with Crippen molar-refractivity contribution in [1.29, 1.82) is 0 Å². The molecular formula is C16H26N2O4S. The van der Waals surface area contributed by atoms with Crippen molar-refractivity contribution in [2.75, 3.05) is 24.2 Å². The third kappa shape index (κ3) is 5.74. The van der Waals surface area contributed by atoms with Gasteiger partial charge in [-0.15, -0.1) is 0 Å². The summed E-state index contributed by atoms with van der Waals surface area (Å²) < 4.78 is 30.4. The van der Waals surface area contributed by atoms with Gasteiger partial charge in [-0.05, 0) is 37.6 Å². The summed E-state index contributed by atoms with van der Waals surface area (Å²) in [4.78, 5) is 12.2. The van der Waals surface area contributed by atoms with Crippen LogP contribution in [0, 0.1) is 0 Å². The number of amides is 1. The Morgan fingerprint density at radius 2 is 1.87 bits per heavy atom. The van der Waals surface area contributed by atoms with Crippen LogP contribution in [0.2, 0.25) is 0 Å². The first-order valence-corrected chi connectivity index (χ1v) is 9.57. The monoisotopic (exact) mass is 342 g/mol. The molecule has 130 valence electrons. The van der Waals surface area contributed by atoms with Crippen molar-refractivity contribution in [2.24, 2.45) is 0 Å². The minimum absolute atomic E-state index is 0.303. The molecule has 7 heteroatoms. The van der Waals surface area contributed by atoms with E-state index in [-0.39, 0.29) is 5.91 Å². The molecule has 6 nitrogen and oxygen atoms in total. The number of carbonyl (C=O) groups excluding carboxylic acids is 1. The molecule has 1 rings (SSSR count). The average Bonchev–Trinajstić information content (AvgIpc) is 2.50. The first-order chi connectivity index (χ1) is 10.8. The lowest BCUT2D eigenvalue weighted by molar-refractivity contribution is -0.121. The second kappa shape index (κ2) is 8.76. The Balaban J connectivity index is 2.91. The zero-order chi connectivity index (χ0) is 17.5. The Labute approximate surface area is 138 Å². The Hall–Kier alpha value is -1.76. The van der Waals surface area contributed by atoms with E-state index in [9.17, 15) is 13.2 Å². The highest BCUT2D eigenvalue weighted by atomic mass is 32.2. The third-order valence-corrected chi connectivity index (χ3v) is 4.74. The molecular weight excluding hydrogens is 316 g/mol. The lowest BCUT2D eigenvalue weighted by Gasteiger charge is -2.28. The summed E-state index contributed by atoms with van der Waals surface area (Å²) >= 11 is 0. The van der Waals surface area contributed by atoms with Crippen molar-refractivity contribution < 1.29 is 17.9 Å². The highest BCUT2D eigenvalue weighted by Gasteiger charge is 2.28. The van der Waals surface area contributed by atoms with Crippen molar-refractivity contribution >= 4 is 21.6 Å². The summed E-state index contributed by atoms with van der Waals surface area (Å²) in [5.41, 5.74) is 0.435. The van der Waals surface area contributed by atoms with Gasteiger partial charge in [0.25, 0.3) is 0 Å². The summed E-state index contributed by atoms with van der Waals surface area (Å²) in [5.74, 6) is 0.321. The zero-order valence-corrected chi connectivity index (χ0v) is 15.0. The summed E-state index contributed by atoms with van der Waals surface area (Å²) in [7, 11) is -2.05. The van der Waals surface area contributed by atoms with Crippen LogP contribution >= 0.6 is 0 Å². The third-order valence-electron chi connectivity index (χ3n) is 3.49. The normalized spacial score (nSPS) is 12.5. The fourth-order valence-electron chi connectivity index (χ4n) is 2.27. The molecule has 23 heavy (non-hydrogen) atoms. The fourth-order valence-corrected chi connectivity index (χ4v) is 3.45. The molecule has 0 aromatic heterocycles. The number of rotatable bonds is 9. The standard InChI is InChI=1S/C16H26N2O4S/c1-5-6-7-12-17-16(19)13(2)18(23(4,20)21)14-8-10-15(22-3)11-9-14/h8-11,13H,5-7,12H2,1-4H3,(H,17,19)/t13-/m0/s1. The number of hydrogen-bond donors (Lipinski definition) is 1. The van der Waals surface area contributed by atoms with E-state index in [1.807, 2.05) is 0 Å². The predicted octanol–water partition coefficient (Wildman–Crippen LogP) is 2.16. The SMILES string of the molecule is CCCCCNC(=O)[C@H](C)N(c1ccc(OC)cc1)S(C)(=O)=O. The van der Waals surface area contributed by atoms with Crippen molar-refractivity contribution in [2.45, 2.75) is 39.2 Å². The van der Waals surface area contributed by atoms with Gasteiger partial charge in [-0.25, -0.2) is 8.42 Å². The van der Waals surface area contributed by atoms with E-state index in [4.69, 9.17) is 4.74 Å². The summed E-state index contributed by atoms with van der Waals surface area (Å²) in [6.45, 7) is 4.22. The van der Waals surface area contributed by atoms with Gasteiger partial charge in [0.1, 0.15) is 11.8 Å². The van der Waals surface area contributed by atoms with E-state index in [1.165, 1.54) is 7.11 Å². The van der Waals surface area contributed by atoms with Gasteiger partial charge in [-0.1, -0.05) is 19.8 Å². The van der Waals surface area contributed by atoms with Gasteiger partial charge in [-0.2, -0.15) is 0 Å². The molecule has 0 aliphatic heterocycles. The number of benzene rings is 1. The quantitative estimate of drug-likeness (QED) is 0.698. The predicted molar refractivity (Wildman–Crippen MR) is 92.3 cm³/mol. The van der Waals surface area contributed by atoms with E-state index in [0.717, 1.165) is 29.8 Å². The first-order valence-electron chi connectivity index (χ1n) is 7.72. The van der Waals surface area contributed by atoms with Crippen molar-refractivity contribution in [3.63, 3.8) is 0 Å². The Bertz CT molecular complexity index is 599. The molecule has 0 bridgehead atoms. The number of sulfonamides is 1. The van der Waals surface area contributed by atoms with E-state index in [1.54, 1.807) is 31.2 Å². The zero-order valence-electron chi connectivity index (χ0n) is 14.2. The molecule has 1 aromatic rings. The minimum Gasteiger partial charge on any atom is -0.497 e. The van der Waals surface area contributed by atoms with Gasteiger partial charge in [0.05, 0.1) is 19.1 Å². The molecule has 1 amide bonds. The molecule has 0 unspecified atom stereocenters. The van der Waals surface area contributed by atoms with Gasteiger partial charge in [0.15, 0.2) is 0 Å². The van der Waals surface area contributed by atoms with Crippen LogP contribution in [0.4, 0.5) is 5.69 Å². The largest absolute Gasteiger partial charge is 0.497 e. The molecule has 0 heterocycles. The number of nitrogens with zero attached hydrogens (tertiary/aromatic N) is 1. The van der Waals surface area contributed by atoms with Crippen LogP contribution in [-0.4, -0.2) is 40.3 Å². The van der Waals surface area contributed by atoms with E-state index >= 15 is 0 Å². The van der Waals surface area contributed by atoms with Gasteiger partial charge in [-0.3, -0.25) is 9.10 Å². The summed E-state index contributed by atoms with van der Waals surface area (Å²) in [6, 6.07) is 5.76. The van der Waals surface area contributed by atoms with Crippen molar-refractivity contribution in [1.82, 2.24) is 5.32 Å². The summed E-state index contributed by atoms with van der Waals surface area (Å²) in [6.07, 6.45) is 4.07. The van der Waals surface area contributed by atoms with Crippen LogP contribution in [0.3, 0.4) is 0 Å². The average molecular weight is 342 g/mol. The van der Waals surface area contributed by atoms with E-state index in [0.29, 0.717) is 18.0 Å². The van der Waals surface area contributed by atoms with Gasteiger partial charge >= 0.3 is 0 Å². The first kappa shape index (κ1) is 19.3. The minimum atomic E-state index is -3.59. The number of ether oxygens (including phenoxy) is 1. The van der Waals surface area contributed by atoms with Gasteiger partial charge < -0.3 is 10.1 Å². The molecule has 1 aromatic carbocycles. The number of unbranched alkanes of at least 4 members (excludes halogenated alkanes) is 2. The lowest BCUT2D eigenvalue weighted by atomic mass is 10.2. The molecule has 0 saturated carbocycles. The smallest absolute Gasteiger partial charge is 0.243 e. The van der Waals surface area contributed by atoms with Crippen LogP contribution in [0.1, 0.15) is 33.1 Å². The van der Waals surface area contributed by atoms with E-state index in [2.05, 4.69) is 12.2 Å². The van der Waals surface area contributed by atoms with Crippen LogP contribution < -0.4 is 14.4 Å². The van der Waals surface area contributed by atoms with E-state index < -0.39 is 16.1 Å². The van der Waals surface area contributed by atoms with Crippen LogP contribution in [0.15, 0.2) is 24.3 Å². The molecule has 1 N–H and O–H groups in total. The van der Waals surface area contributed by atoms with Crippen molar-refractivity contribution in [3.8, 4) is 5.75 Å². The Morgan fingerprint density at radius 3 is 2.35 bits per heavy atom. The maximum atomic E-state index is 12.2. The van der Waals surface area contributed by atoms with Crippen LogP contribution in [-0.2, 0) is 14.8 Å². The molecule has 0 aliphatic rings. The molecule has 0 spiro atoms. The second-order valence-electron chi connectivity index (χ2n) is 5.43. The van der Waals surface area contributed by atoms with Gasteiger partial charge in [0.2, 0.25) is 15.9 Å². The molecule has 0 saturated heterocycles. The van der Waals surface area contributed by atoms with Crippen LogP contribution in [0.5, 0.6) is 5.75 Å². The topological polar surface area (TPSA) is 75.7 Å². The summed E-state index contributed by atoms with van der Waals surface area (Å²) in [5, 5.41) is 2.79. The molecule has 0 aliphatic carbocycles.